The van der Waals surface area contributed by atoms with Crippen molar-refractivity contribution >= 4 is 30.8 Å². The number of hydrogen-bond acceptors (Lipinski definition) is 3. The number of pyridine rings is 1. The van der Waals surface area contributed by atoms with Crippen LogP contribution in [0.2, 0.25) is 19.6 Å². The number of fused-ring (bicyclic) bond motifs is 1. The van der Waals surface area contributed by atoms with Gasteiger partial charge in [0.15, 0.2) is 0 Å². The van der Waals surface area contributed by atoms with Crippen LogP contribution in [0.4, 0.5) is 10.5 Å². The Kier molecular flexibility index (Phi) is 5.94. The van der Waals surface area contributed by atoms with Crippen molar-refractivity contribution in [2.75, 3.05) is 11.5 Å². The van der Waals surface area contributed by atoms with Crippen molar-refractivity contribution in [1.29, 1.82) is 0 Å². The lowest BCUT2D eigenvalue weighted by Crippen LogP contribution is -2.41. The maximum Gasteiger partial charge on any atom is 0.412 e. The van der Waals surface area contributed by atoms with Crippen LogP contribution in [0.15, 0.2) is 48.9 Å². The molecule has 150 valence electrons. The number of rotatable bonds is 5. The van der Waals surface area contributed by atoms with Gasteiger partial charge in [0.25, 0.3) is 0 Å². The molecule has 3 aromatic rings. The molecule has 2 aromatic heterocycles. The summed E-state index contributed by atoms with van der Waals surface area (Å²) in [4.78, 5) is 20.6. The highest BCUT2D eigenvalue weighted by Crippen LogP contribution is 2.28. The van der Waals surface area contributed by atoms with Crippen molar-refractivity contribution in [2.24, 2.45) is 0 Å². The maximum absolute atomic E-state index is 12.0. The summed E-state index contributed by atoms with van der Waals surface area (Å²) >= 11 is 0. The molecule has 1 amide bonds. The maximum atomic E-state index is 12.0. The fourth-order valence-electron chi connectivity index (χ4n) is 2.90. The summed E-state index contributed by atoms with van der Waals surface area (Å²) in [6.45, 7) is 8.55. The molecule has 6 nitrogen and oxygen atoms in total. The molecular formula is C22H25N3O3Si. The summed E-state index contributed by atoms with van der Waals surface area (Å²) in [6, 6.07) is 9.05. The Balaban J connectivity index is 1.75. The number of amides is 1. The summed E-state index contributed by atoms with van der Waals surface area (Å²) in [7, 11) is -1.48. The summed E-state index contributed by atoms with van der Waals surface area (Å²) in [6.07, 6.45) is 4.00. The van der Waals surface area contributed by atoms with E-state index in [1.54, 1.807) is 18.6 Å². The van der Waals surface area contributed by atoms with Gasteiger partial charge in [-0.05, 0) is 19.1 Å². The molecule has 0 saturated carbocycles. The number of aromatic nitrogens is 2. The number of para-hydroxylation sites is 1. The first-order chi connectivity index (χ1) is 13.7. The van der Waals surface area contributed by atoms with Crippen LogP contribution in [0.1, 0.15) is 12.5 Å². The first kappa shape index (κ1) is 20.5. The van der Waals surface area contributed by atoms with Crippen molar-refractivity contribution in [1.82, 2.24) is 9.97 Å². The quantitative estimate of drug-likeness (QED) is 0.473. The van der Waals surface area contributed by atoms with Crippen LogP contribution in [0.25, 0.3) is 10.9 Å². The SMILES string of the molecule is CC(COc1cncc(C#C[Si](C)(C)C)c1)N(C(=O)O)c1c[nH]c2ccccc12. The second kappa shape index (κ2) is 8.41. The number of H-pyrrole nitrogens is 1. The summed E-state index contributed by atoms with van der Waals surface area (Å²) < 4.78 is 5.85. The number of anilines is 1. The minimum Gasteiger partial charge on any atom is -0.490 e. The van der Waals surface area contributed by atoms with E-state index in [2.05, 4.69) is 41.1 Å². The van der Waals surface area contributed by atoms with E-state index in [1.807, 2.05) is 37.3 Å². The molecule has 2 heterocycles. The van der Waals surface area contributed by atoms with Gasteiger partial charge < -0.3 is 14.8 Å². The van der Waals surface area contributed by atoms with Crippen molar-refractivity contribution in [3.63, 3.8) is 0 Å². The standard InChI is InChI=1S/C22H25N3O3Si/c1-16(15-28-18-11-17(12-23-13-18)9-10-29(2,3)4)25(22(26)27)21-14-24-20-8-6-5-7-19(20)21/h5-8,11-14,16,24H,15H2,1-4H3,(H,26,27). The Labute approximate surface area is 171 Å². The van der Waals surface area contributed by atoms with E-state index in [9.17, 15) is 9.90 Å². The molecule has 0 aliphatic carbocycles. The van der Waals surface area contributed by atoms with Gasteiger partial charge in [-0.1, -0.05) is 43.8 Å². The summed E-state index contributed by atoms with van der Waals surface area (Å²) in [5.41, 5.74) is 5.60. The molecule has 2 N–H and O–H groups in total. The minimum absolute atomic E-state index is 0.193. The van der Waals surface area contributed by atoms with Crippen LogP contribution in [0, 0.1) is 11.5 Å². The van der Waals surface area contributed by atoms with E-state index in [4.69, 9.17) is 4.74 Å². The molecule has 0 spiro atoms. The van der Waals surface area contributed by atoms with Crippen molar-refractivity contribution in [3.8, 4) is 17.2 Å². The molecule has 7 heteroatoms. The van der Waals surface area contributed by atoms with Gasteiger partial charge in [-0.25, -0.2) is 4.79 Å². The third-order valence-electron chi connectivity index (χ3n) is 4.26. The van der Waals surface area contributed by atoms with Gasteiger partial charge >= 0.3 is 6.09 Å². The highest BCUT2D eigenvalue weighted by molar-refractivity contribution is 6.83. The topological polar surface area (TPSA) is 78.4 Å². The van der Waals surface area contributed by atoms with E-state index in [0.29, 0.717) is 11.4 Å². The zero-order valence-electron chi connectivity index (χ0n) is 17.1. The largest absolute Gasteiger partial charge is 0.490 e. The Morgan fingerprint density at radius 3 is 2.79 bits per heavy atom. The molecule has 0 aliphatic heterocycles. The number of nitrogens with one attached hydrogen (secondary N) is 1. The van der Waals surface area contributed by atoms with Crippen molar-refractivity contribution < 1.29 is 14.6 Å². The summed E-state index contributed by atoms with van der Waals surface area (Å²) in [5.74, 6) is 3.73. The number of carbonyl (C=O) groups is 1. The molecule has 1 atom stereocenters. The van der Waals surface area contributed by atoms with Crippen molar-refractivity contribution in [2.45, 2.75) is 32.6 Å². The van der Waals surface area contributed by atoms with Crippen LogP contribution in [-0.4, -0.2) is 41.9 Å². The molecule has 0 saturated heterocycles. The fraction of sp³-hybridized carbons (Fsp3) is 0.273. The van der Waals surface area contributed by atoms with Gasteiger partial charge in [0, 0.05) is 28.9 Å². The van der Waals surface area contributed by atoms with E-state index in [-0.39, 0.29) is 6.61 Å². The smallest absolute Gasteiger partial charge is 0.412 e. The third-order valence-corrected chi connectivity index (χ3v) is 5.13. The molecule has 0 fully saturated rings. The second-order valence-electron chi connectivity index (χ2n) is 7.94. The average Bonchev–Trinajstić information content (AvgIpc) is 3.08. The Hall–Kier alpha value is -3.24. The lowest BCUT2D eigenvalue weighted by Gasteiger charge is -2.26. The van der Waals surface area contributed by atoms with Crippen LogP contribution in [-0.2, 0) is 0 Å². The Morgan fingerprint density at radius 1 is 1.31 bits per heavy atom. The van der Waals surface area contributed by atoms with Crippen LogP contribution in [0.5, 0.6) is 5.75 Å². The molecular weight excluding hydrogens is 382 g/mol. The fourth-order valence-corrected chi connectivity index (χ4v) is 3.42. The first-order valence-electron chi connectivity index (χ1n) is 9.44. The Bertz CT molecular complexity index is 1080. The van der Waals surface area contributed by atoms with E-state index in [0.717, 1.165) is 16.5 Å². The van der Waals surface area contributed by atoms with Crippen LogP contribution >= 0.6 is 0 Å². The Morgan fingerprint density at radius 2 is 2.07 bits per heavy atom. The van der Waals surface area contributed by atoms with E-state index in [1.165, 1.54) is 4.90 Å². The highest BCUT2D eigenvalue weighted by atomic mass is 28.3. The number of aromatic amines is 1. The highest BCUT2D eigenvalue weighted by Gasteiger charge is 2.24. The third kappa shape index (κ3) is 5.18. The molecule has 0 bridgehead atoms. The first-order valence-corrected chi connectivity index (χ1v) is 12.9. The number of carboxylic acid groups (broad SMARTS) is 1. The molecule has 0 radical (unpaired) electrons. The number of hydrogen-bond donors (Lipinski definition) is 2. The predicted molar refractivity (Wildman–Crippen MR) is 118 cm³/mol. The van der Waals surface area contributed by atoms with Gasteiger partial charge in [0.1, 0.15) is 20.4 Å². The van der Waals surface area contributed by atoms with E-state index >= 15 is 0 Å². The molecule has 29 heavy (non-hydrogen) atoms. The van der Waals surface area contributed by atoms with Crippen LogP contribution < -0.4 is 9.64 Å². The zero-order chi connectivity index (χ0) is 21.0. The lowest BCUT2D eigenvalue weighted by molar-refractivity contribution is 0.194. The monoisotopic (exact) mass is 407 g/mol. The predicted octanol–water partition coefficient (Wildman–Crippen LogP) is 4.74. The van der Waals surface area contributed by atoms with Gasteiger partial charge in [0.2, 0.25) is 0 Å². The lowest BCUT2D eigenvalue weighted by atomic mass is 10.2. The molecule has 1 unspecified atom stereocenters. The number of benzene rings is 1. The summed E-state index contributed by atoms with van der Waals surface area (Å²) in [5, 5.41) is 10.6. The number of ether oxygens (including phenoxy) is 1. The molecule has 0 aliphatic rings. The van der Waals surface area contributed by atoms with Crippen molar-refractivity contribution in [3.05, 3.63) is 54.5 Å². The number of nitrogens with zero attached hydrogens (tertiary/aromatic N) is 2. The van der Waals surface area contributed by atoms with Gasteiger partial charge in [-0.15, -0.1) is 5.54 Å². The van der Waals surface area contributed by atoms with Gasteiger partial charge in [0.05, 0.1) is 17.9 Å². The molecule has 1 aromatic carbocycles. The van der Waals surface area contributed by atoms with Gasteiger partial charge in [-0.2, -0.15) is 0 Å². The van der Waals surface area contributed by atoms with Crippen LogP contribution in [0.3, 0.4) is 0 Å². The van der Waals surface area contributed by atoms with Gasteiger partial charge in [-0.3, -0.25) is 9.88 Å². The van der Waals surface area contributed by atoms with E-state index < -0.39 is 20.2 Å². The zero-order valence-corrected chi connectivity index (χ0v) is 18.1. The molecule has 3 rings (SSSR count). The minimum atomic E-state index is -1.48. The normalized spacial score (nSPS) is 12.1. The second-order valence-corrected chi connectivity index (χ2v) is 12.7. The average molecular weight is 408 g/mol.